The molecule has 0 aliphatic carbocycles. The molecule has 2 amide bonds. The second kappa shape index (κ2) is 6.53. The van der Waals surface area contributed by atoms with Crippen LogP contribution in [0.5, 0.6) is 0 Å². The maximum absolute atomic E-state index is 12.0. The third-order valence-electron chi connectivity index (χ3n) is 3.43. The average molecular weight is 303 g/mol. The lowest BCUT2D eigenvalue weighted by Gasteiger charge is -2.30. The zero-order valence-electron chi connectivity index (χ0n) is 11.6. The minimum atomic E-state index is -0.295. The summed E-state index contributed by atoms with van der Waals surface area (Å²) >= 11 is 1.15. The minimum Gasteiger partial charge on any atom is -0.370 e. The Hall–Kier alpha value is -2.15. The normalized spacial score (nSPS) is 14.8. The van der Waals surface area contributed by atoms with Crippen LogP contribution in [-0.2, 0) is 0 Å². The zero-order valence-corrected chi connectivity index (χ0v) is 12.4. The summed E-state index contributed by atoms with van der Waals surface area (Å²) in [6, 6.07) is 7.59. The van der Waals surface area contributed by atoms with Gasteiger partial charge in [0.2, 0.25) is 5.13 Å². The SMILES string of the molecule is O=C(Nc1ncns1)Nc1ccccc1N1CCCCC1. The molecule has 0 saturated carbocycles. The van der Waals surface area contributed by atoms with Gasteiger partial charge in [0.15, 0.2) is 0 Å². The van der Waals surface area contributed by atoms with Crippen molar-refractivity contribution in [3.05, 3.63) is 30.6 Å². The van der Waals surface area contributed by atoms with E-state index < -0.39 is 0 Å². The highest BCUT2D eigenvalue weighted by Gasteiger charge is 2.15. The van der Waals surface area contributed by atoms with Crippen LogP contribution in [0.4, 0.5) is 21.3 Å². The Bertz CT molecular complexity index is 595. The first-order chi connectivity index (χ1) is 10.3. The molecule has 1 aromatic carbocycles. The molecule has 0 radical (unpaired) electrons. The molecular formula is C14H17N5OS. The highest BCUT2D eigenvalue weighted by atomic mass is 32.1. The van der Waals surface area contributed by atoms with Crippen molar-refractivity contribution >= 4 is 34.1 Å². The van der Waals surface area contributed by atoms with Crippen LogP contribution in [-0.4, -0.2) is 28.5 Å². The fraction of sp³-hybridized carbons (Fsp3) is 0.357. The highest BCUT2D eigenvalue weighted by Crippen LogP contribution is 2.28. The number of amides is 2. The summed E-state index contributed by atoms with van der Waals surface area (Å²) in [5, 5.41) is 6.06. The van der Waals surface area contributed by atoms with Gasteiger partial charge in [-0.2, -0.15) is 4.37 Å². The van der Waals surface area contributed by atoms with Gasteiger partial charge in [-0.3, -0.25) is 5.32 Å². The Labute approximate surface area is 127 Å². The van der Waals surface area contributed by atoms with Gasteiger partial charge in [-0.25, -0.2) is 9.78 Å². The number of nitrogens with zero attached hydrogens (tertiary/aromatic N) is 3. The second-order valence-electron chi connectivity index (χ2n) is 4.89. The number of carbonyl (C=O) groups is 1. The predicted molar refractivity (Wildman–Crippen MR) is 85.1 cm³/mol. The zero-order chi connectivity index (χ0) is 14.5. The number of nitrogens with one attached hydrogen (secondary N) is 2. The fourth-order valence-corrected chi connectivity index (χ4v) is 2.90. The van der Waals surface area contributed by atoms with E-state index in [1.807, 2.05) is 24.3 Å². The molecule has 0 bridgehead atoms. The van der Waals surface area contributed by atoms with E-state index in [4.69, 9.17) is 0 Å². The van der Waals surface area contributed by atoms with Crippen LogP contribution in [0, 0.1) is 0 Å². The van der Waals surface area contributed by atoms with Gasteiger partial charge < -0.3 is 10.2 Å². The number of aromatic nitrogens is 2. The standard InChI is InChI=1S/C14H17N5OS/c20-13(18-14-15-10-16-21-14)17-11-6-2-3-7-12(11)19-8-4-1-5-9-19/h2-3,6-7,10H,1,4-5,8-9H2,(H2,15,16,17,18,20). The van der Waals surface area contributed by atoms with Crippen LogP contribution in [0.25, 0.3) is 0 Å². The van der Waals surface area contributed by atoms with Gasteiger partial charge in [-0.15, -0.1) is 0 Å². The second-order valence-corrected chi connectivity index (χ2v) is 5.67. The van der Waals surface area contributed by atoms with Crippen molar-refractivity contribution in [1.29, 1.82) is 0 Å². The summed E-state index contributed by atoms with van der Waals surface area (Å²) in [5.41, 5.74) is 1.89. The number of urea groups is 1. The summed E-state index contributed by atoms with van der Waals surface area (Å²) in [6.07, 6.45) is 5.10. The van der Waals surface area contributed by atoms with E-state index in [1.54, 1.807) is 0 Å². The number of para-hydroxylation sites is 2. The van der Waals surface area contributed by atoms with E-state index in [2.05, 4.69) is 24.9 Å². The Balaban J connectivity index is 1.71. The molecule has 1 aromatic heterocycles. The first-order valence-corrected chi connectivity index (χ1v) is 7.79. The van der Waals surface area contributed by atoms with Gasteiger partial charge in [-0.05, 0) is 31.4 Å². The molecule has 2 aromatic rings. The summed E-state index contributed by atoms with van der Waals surface area (Å²) in [6.45, 7) is 2.08. The Morgan fingerprint density at radius 3 is 2.71 bits per heavy atom. The monoisotopic (exact) mass is 303 g/mol. The van der Waals surface area contributed by atoms with Crippen molar-refractivity contribution in [2.24, 2.45) is 0 Å². The van der Waals surface area contributed by atoms with Gasteiger partial charge in [-0.1, -0.05) is 12.1 Å². The summed E-state index contributed by atoms with van der Waals surface area (Å²) in [4.78, 5) is 18.3. The molecule has 0 spiro atoms. The summed E-state index contributed by atoms with van der Waals surface area (Å²) < 4.78 is 3.85. The Morgan fingerprint density at radius 1 is 1.14 bits per heavy atom. The van der Waals surface area contributed by atoms with Gasteiger partial charge in [0.05, 0.1) is 11.4 Å². The van der Waals surface area contributed by atoms with Crippen LogP contribution in [0.15, 0.2) is 30.6 Å². The molecule has 2 N–H and O–H groups in total. The van der Waals surface area contributed by atoms with E-state index in [9.17, 15) is 4.79 Å². The third-order valence-corrected chi connectivity index (χ3v) is 4.01. The lowest BCUT2D eigenvalue weighted by molar-refractivity contribution is 0.262. The highest BCUT2D eigenvalue weighted by molar-refractivity contribution is 7.09. The van der Waals surface area contributed by atoms with Crippen LogP contribution >= 0.6 is 11.5 Å². The molecule has 1 aliphatic rings. The first kappa shape index (κ1) is 13.8. The summed E-state index contributed by atoms with van der Waals surface area (Å²) in [7, 11) is 0. The maximum atomic E-state index is 12.0. The minimum absolute atomic E-state index is 0.295. The predicted octanol–water partition coefficient (Wildman–Crippen LogP) is 3.17. The molecule has 2 heterocycles. The Kier molecular flexibility index (Phi) is 4.30. The number of hydrogen-bond acceptors (Lipinski definition) is 5. The largest absolute Gasteiger partial charge is 0.370 e. The van der Waals surface area contributed by atoms with Crippen LogP contribution in [0.3, 0.4) is 0 Å². The number of hydrogen-bond donors (Lipinski definition) is 2. The van der Waals surface area contributed by atoms with E-state index >= 15 is 0 Å². The topological polar surface area (TPSA) is 70.1 Å². The molecule has 3 rings (SSSR count). The van der Waals surface area contributed by atoms with Gasteiger partial charge >= 0.3 is 6.03 Å². The van der Waals surface area contributed by atoms with Crippen LogP contribution in [0.1, 0.15) is 19.3 Å². The number of benzene rings is 1. The first-order valence-electron chi connectivity index (χ1n) is 7.01. The molecule has 7 heteroatoms. The van der Waals surface area contributed by atoms with Crippen LogP contribution in [0.2, 0.25) is 0 Å². The van der Waals surface area contributed by atoms with Gasteiger partial charge in [0.25, 0.3) is 0 Å². The molecule has 6 nitrogen and oxygen atoms in total. The number of piperidine rings is 1. The lowest BCUT2D eigenvalue weighted by Crippen LogP contribution is -2.30. The molecule has 1 fully saturated rings. The summed E-state index contributed by atoms with van der Waals surface area (Å²) in [5.74, 6) is 0. The molecule has 110 valence electrons. The molecule has 1 saturated heterocycles. The van der Waals surface area contributed by atoms with Crippen molar-refractivity contribution in [2.75, 3.05) is 28.6 Å². The van der Waals surface area contributed by atoms with Crippen molar-refractivity contribution < 1.29 is 4.79 Å². The number of anilines is 3. The molecule has 1 aliphatic heterocycles. The molecule has 0 atom stereocenters. The molecule has 21 heavy (non-hydrogen) atoms. The van der Waals surface area contributed by atoms with Crippen molar-refractivity contribution in [1.82, 2.24) is 9.36 Å². The molecule has 0 unspecified atom stereocenters. The lowest BCUT2D eigenvalue weighted by atomic mass is 10.1. The van der Waals surface area contributed by atoms with E-state index in [1.165, 1.54) is 25.6 Å². The van der Waals surface area contributed by atoms with Gasteiger partial charge in [0, 0.05) is 24.6 Å². The number of carbonyl (C=O) groups excluding carboxylic acids is 1. The van der Waals surface area contributed by atoms with Crippen molar-refractivity contribution in [3.8, 4) is 0 Å². The Morgan fingerprint density at radius 2 is 1.95 bits per heavy atom. The van der Waals surface area contributed by atoms with Crippen LogP contribution < -0.4 is 15.5 Å². The smallest absolute Gasteiger partial charge is 0.325 e. The third kappa shape index (κ3) is 3.49. The van der Waals surface area contributed by atoms with E-state index in [0.29, 0.717) is 5.13 Å². The van der Waals surface area contributed by atoms with E-state index in [0.717, 1.165) is 36.0 Å². The average Bonchev–Trinajstić information content (AvgIpc) is 3.01. The maximum Gasteiger partial charge on any atom is 0.325 e. The van der Waals surface area contributed by atoms with Crippen molar-refractivity contribution in [3.63, 3.8) is 0 Å². The van der Waals surface area contributed by atoms with Crippen molar-refractivity contribution in [2.45, 2.75) is 19.3 Å². The number of rotatable bonds is 3. The molecular weight excluding hydrogens is 286 g/mol. The van der Waals surface area contributed by atoms with E-state index in [-0.39, 0.29) is 6.03 Å². The quantitative estimate of drug-likeness (QED) is 0.913. The fourth-order valence-electron chi connectivity index (χ4n) is 2.47. The van der Waals surface area contributed by atoms with Gasteiger partial charge in [0.1, 0.15) is 6.33 Å².